The van der Waals surface area contributed by atoms with Gasteiger partial charge >= 0.3 is 0 Å². The van der Waals surface area contributed by atoms with E-state index in [1.54, 1.807) is 11.1 Å². The maximum Gasteiger partial charge on any atom is 0.239 e. The van der Waals surface area contributed by atoms with Crippen LogP contribution in [0.4, 0.5) is 0 Å². The molecule has 1 unspecified atom stereocenters. The SMILES string of the molecule is O=C1CCC(c2ccccc2)CCNC(=O)CN(C(=O)CCCCc2cccnc2)CCCN1. The number of unbranched alkanes of at least 4 members (excludes halogenated alkanes) is 1. The first kappa shape index (κ1) is 25.4. The Labute approximate surface area is 202 Å². The number of pyridine rings is 1. The molecule has 0 saturated carbocycles. The molecule has 2 aromatic rings. The first-order valence-electron chi connectivity index (χ1n) is 12.4. The van der Waals surface area contributed by atoms with Crippen LogP contribution in [-0.4, -0.2) is 53.8 Å². The van der Waals surface area contributed by atoms with Crippen molar-refractivity contribution in [2.75, 3.05) is 26.2 Å². The molecule has 0 radical (unpaired) electrons. The van der Waals surface area contributed by atoms with E-state index in [1.165, 1.54) is 5.56 Å². The number of nitrogens with zero attached hydrogens (tertiary/aromatic N) is 2. The molecule has 2 heterocycles. The smallest absolute Gasteiger partial charge is 0.239 e. The summed E-state index contributed by atoms with van der Waals surface area (Å²) in [6.07, 6.45) is 9.14. The minimum Gasteiger partial charge on any atom is -0.356 e. The number of benzene rings is 1. The molecule has 0 aliphatic carbocycles. The van der Waals surface area contributed by atoms with Crippen molar-refractivity contribution < 1.29 is 14.4 Å². The molecule has 2 N–H and O–H groups in total. The molecular weight excluding hydrogens is 428 g/mol. The minimum atomic E-state index is -0.128. The quantitative estimate of drug-likeness (QED) is 0.642. The molecule has 1 aliphatic rings. The Hall–Kier alpha value is -3.22. The van der Waals surface area contributed by atoms with Gasteiger partial charge in [0.15, 0.2) is 0 Å². The standard InChI is InChI=1S/C27H36N4O3/c32-25-14-13-24(23-10-2-1-3-11-23)15-18-30-26(33)21-31(19-7-17-29-25)27(34)12-5-4-8-22-9-6-16-28-20-22/h1-3,6,9-11,16,20,24H,4-5,7-8,12-15,17-19,21H2,(H,29,32)(H,30,33). The first-order valence-corrected chi connectivity index (χ1v) is 12.4. The Balaban J connectivity index is 1.52. The number of hydrogen-bond donors (Lipinski definition) is 2. The van der Waals surface area contributed by atoms with E-state index in [-0.39, 0.29) is 30.2 Å². The van der Waals surface area contributed by atoms with E-state index in [1.807, 2.05) is 36.5 Å². The summed E-state index contributed by atoms with van der Waals surface area (Å²) in [6, 6.07) is 14.1. The van der Waals surface area contributed by atoms with Gasteiger partial charge in [0, 0.05) is 44.9 Å². The molecule has 1 fully saturated rings. The van der Waals surface area contributed by atoms with E-state index >= 15 is 0 Å². The number of carbonyl (C=O) groups excluding carboxylic acids is 3. The highest BCUT2D eigenvalue weighted by atomic mass is 16.2. The molecule has 182 valence electrons. The van der Waals surface area contributed by atoms with Gasteiger partial charge < -0.3 is 15.5 Å². The van der Waals surface area contributed by atoms with Gasteiger partial charge in [0.25, 0.3) is 0 Å². The Kier molecular flexibility index (Phi) is 10.6. The van der Waals surface area contributed by atoms with Gasteiger partial charge in [-0.25, -0.2) is 0 Å². The van der Waals surface area contributed by atoms with Gasteiger partial charge in [0.2, 0.25) is 17.7 Å². The van der Waals surface area contributed by atoms with Crippen LogP contribution >= 0.6 is 0 Å². The molecule has 1 atom stereocenters. The molecule has 0 spiro atoms. The molecule has 3 amide bonds. The highest BCUT2D eigenvalue weighted by Crippen LogP contribution is 2.24. The van der Waals surface area contributed by atoms with E-state index in [0.29, 0.717) is 38.9 Å². The topological polar surface area (TPSA) is 91.4 Å². The average Bonchev–Trinajstić information content (AvgIpc) is 2.86. The Morgan fingerprint density at radius 2 is 1.79 bits per heavy atom. The largest absolute Gasteiger partial charge is 0.356 e. The lowest BCUT2D eigenvalue weighted by Crippen LogP contribution is -2.42. The van der Waals surface area contributed by atoms with Gasteiger partial charge in [-0.3, -0.25) is 19.4 Å². The summed E-state index contributed by atoms with van der Waals surface area (Å²) in [7, 11) is 0. The fourth-order valence-electron chi connectivity index (χ4n) is 4.31. The predicted octanol–water partition coefficient (Wildman–Crippen LogP) is 3.21. The third-order valence-corrected chi connectivity index (χ3v) is 6.25. The average molecular weight is 465 g/mol. The molecule has 3 rings (SSSR count). The van der Waals surface area contributed by atoms with Gasteiger partial charge in [-0.1, -0.05) is 36.4 Å². The zero-order chi connectivity index (χ0) is 24.0. The summed E-state index contributed by atoms with van der Waals surface area (Å²) in [5.41, 5.74) is 2.34. The van der Waals surface area contributed by atoms with Crippen molar-refractivity contribution in [1.29, 1.82) is 0 Å². The zero-order valence-corrected chi connectivity index (χ0v) is 19.9. The minimum absolute atomic E-state index is 0.0121. The third-order valence-electron chi connectivity index (χ3n) is 6.25. The van der Waals surface area contributed by atoms with Crippen LogP contribution in [0.2, 0.25) is 0 Å². The lowest BCUT2D eigenvalue weighted by atomic mass is 9.91. The summed E-state index contributed by atoms with van der Waals surface area (Å²) < 4.78 is 0. The van der Waals surface area contributed by atoms with Crippen LogP contribution in [0.5, 0.6) is 0 Å². The van der Waals surface area contributed by atoms with Crippen LogP contribution in [0.25, 0.3) is 0 Å². The summed E-state index contributed by atoms with van der Waals surface area (Å²) in [5, 5.41) is 5.95. The van der Waals surface area contributed by atoms with E-state index in [9.17, 15) is 14.4 Å². The molecule has 34 heavy (non-hydrogen) atoms. The van der Waals surface area contributed by atoms with E-state index in [2.05, 4.69) is 27.8 Å². The van der Waals surface area contributed by atoms with Gasteiger partial charge in [0.05, 0.1) is 6.54 Å². The summed E-state index contributed by atoms with van der Waals surface area (Å²) in [4.78, 5) is 43.5. The van der Waals surface area contributed by atoms with E-state index in [4.69, 9.17) is 0 Å². The van der Waals surface area contributed by atoms with Crippen molar-refractivity contribution >= 4 is 17.7 Å². The molecular formula is C27H36N4O3. The Bertz CT molecular complexity index is 905. The maximum atomic E-state index is 12.8. The van der Waals surface area contributed by atoms with Crippen molar-refractivity contribution in [3.8, 4) is 0 Å². The molecule has 1 aromatic carbocycles. The molecule has 1 aromatic heterocycles. The second-order valence-corrected chi connectivity index (χ2v) is 8.87. The van der Waals surface area contributed by atoms with Crippen LogP contribution in [-0.2, 0) is 20.8 Å². The first-order chi connectivity index (χ1) is 16.6. The molecule has 7 nitrogen and oxygen atoms in total. The number of hydrogen-bond acceptors (Lipinski definition) is 4. The Morgan fingerprint density at radius 1 is 0.971 bits per heavy atom. The van der Waals surface area contributed by atoms with Gasteiger partial charge in [0.1, 0.15) is 0 Å². The summed E-state index contributed by atoms with van der Waals surface area (Å²) in [5.74, 6) is 0.0987. The van der Waals surface area contributed by atoms with Crippen molar-refractivity contribution in [2.24, 2.45) is 0 Å². The zero-order valence-electron chi connectivity index (χ0n) is 19.9. The monoisotopic (exact) mass is 464 g/mol. The Morgan fingerprint density at radius 3 is 2.59 bits per heavy atom. The van der Waals surface area contributed by atoms with E-state index < -0.39 is 0 Å². The number of amides is 3. The van der Waals surface area contributed by atoms with Crippen molar-refractivity contribution in [1.82, 2.24) is 20.5 Å². The fourth-order valence-corrected chi connectivity index (χ4v) is 4.31. The van der Waals surface area contributed by atoms with Crippen LogP contribution < -0.4 is 10.6 Å². The normalized spacial score (nSPS) is 18.5. The highest BCUT2D eigenvalue weighted by molar-refractivity contribution is 5.84. The molecule has 1 aliphatic heterocycles. The fraction of sp³-hybridized carbons (Fsp3) is 0.481. The maximum absolute atomic E-state index is 12.8. The van der Waals surface area contributed by atoms with Gasteiger partial charge in [-0.05, 0) is 61.6 Å². The van der Waals surface area contributed by atoms with Crippen molar-refractivity contribution in [3.05, 3.63) is 66.0 Å². The number of nitrogens with one attached hydrogen (secondary N) is 2. The number of rotatable bonds is 6. The van der Waals surface area contributed by atoms with Crippen LogP contribution in [0.1, 0.15) is 62.0 Å². The third kappa shape index (κ3) is 8.96. The second-order valence-electron chi connectivity index (χ2n) is 8.87. The number of carbonyl (C=O) groups is 3. The molecule has 0 bridgehead atoms. The van der Waals surface area contributed by atoms with Crippen LogP contribution in [0, 0.1) is 0 Å². The predicted molar refractivity (Wildman–Crippen MR) is 132 cm³/mol. The highest BCUT2D eigenvalue weighted by Gasteiger charge is 2.19. The van der Waals surface area contributed by atoms with Crippen molar-refractivity contribution in [3.63, 3.8) is 0 Å². The van der Waals surface area contributed by atoms with Crippen LogP contribution in [0.3, 0.4) is 0 Å². The lowest BCUT2D eigenvalue weighted by Gasteiger charge is -2.24. The van der Waals surface area contributed by atoms with Crippen LogP contribution in [0.15, 0.2) is 54.9 Å². The number of aromatic nitrogens is 1. The lowest BCUT2D eigenvalue weighted by molar-refractivity contribution is -0.136. The molecule has 1 saturated heterocycles. The summed E-state index contributed by atoms with van der Waals surface area (Å²) in [6.45, 7) is 1.54. The van der Waals surface area contributed by atoms with Gasteiger partial charge in [-0.2, -0.15) is 0 Å². The van der Waals surface area contributed by atoms with E-state index in [0.717, 1.165) is 37.7 Å². The molecule has 7 heteroatoms. The van der Waals surface area contributed by atoms with Gasteiger partial charge in [-0.15, -0.1) is 0 Å². The second kappa shape index (κ2) is 14.1. The number of aryl methyl sites for hydroxylation is 1. The van der Waals surface area contributed by atoms with Crippen molar-refractivity contribution in [2.45, 2.75) is 57.3 Å². The summed E-state index contributed by atoms with van der Waals surface area (Å²) >= 11 is 0.